The predicted octanol–water partition coefficient (Wildman–Crippen LogP) is 2.15. The van der Waals surface area contributed by atoms with Gasteiger partial charge in [-0.15, -0.1) is 0 Å². The van der Waals surface area contributed by atoms with Crippen LogP contribution in [0.25, 0.3) is 0 Å². The van der Waals surface area contributed by atoms with Crippen molar-refractivity contribution < 1.29 is 17.7 Å². The van der Waals surface area contributed by atoms with Crippen LogP contribution >= 0.6 is 0 Å². The Bertz CT molecular complexity index is 310. The molecule has 1 unspecified atom stereocenters. The molecule has 0 saturated heterocycles. The lowest BCUT2D eigenvalue weighted by molar-refractivity contribution is -0.146. The van der Waals surface area contributed by atoms with Crippen LogP contribution in [0.2, 0.25) is 0 Å². The second kappa shape index (κ2) is 4.61. The predicted molar refractivity (Wildman–Crippen MR) is 46.0 cm³/mol. The van der Waals surface area contributed by atoms with Gasteiger partial charge in [-0.05, 0) is 19.9 Å². The van der Waals surface area contributed by atoms with Crippen LogP contribution in [0.3, 0.4) is 0 Å². The Morgan fingerprint density at radius 3 is 2.60 bits per heavy atom. The van der Waals surface area contributed by atoms with E-state index in [2.05, 4.69) is 20.0 Å². The molecule has 7 heteroatoms. The third kappa shape index (κ3) is 3.19. The molecule has 0 aliphatic carbocycles. The van der Waals surface area contributed by atoms with Gasteiger partial charge in [0, 0.05) is 0 Å². The van der Waals surface area contributed by atoms with Crippen molar-refractivity contribution >= 4 is 0 Å². The van der Waals surface area contributed by atoms with Gasteiger partial charge in [-0.1, -0.05) is 12.1 Å². The molecule has 4 nitrogen and oxygen atoms in total. The van der Waals surface area contributed by atoms with Gasteiger partial charge in [-0.25, -0.2) is 0 Å². The molecule has 0 saturated carbocycles. The Labute approximate surface area is 84.9 Å². The van der Waals surface area contributed by atoms with Gasteiger partial charge in [-0.2, -0.15) is 18.2 Å². The van der Waals surface area contributed by atoms with Crippen molar-refractivity contribution in [2.75, 3.05) is 6.54 Å². The van der Waals surface area contributed by atoms with E-state index in [-0.39, 0.29) is 11.9 Å². The van der Waals surface area contributed by atoms with E-state index in [1.54, 1.807) is 6.92 Å². The summed E-state index contributed by atoms with van der Waals surface area (Å²) in [5.74, 6) is -1.28. The van der Waals surface area contributed by atoms with Gasteiger partial charge in [0.25, 0.3) is 5.82 Å². The van der Waals surface area contributed by atoms with E-state index in [4.69, 9.17) is 0 Å². The third-order valence-corrected chi connectivity index (χ3v) is 1.77. The summed E-state index contributed by atoms with van der Waals surface area (Å²) in [7, 11) is 0. The Morgan fingerprint density at radius 1 is 1.47 bits per heavy atom. The number of alkyl halides is 3. The SMILES string of the molecule is CCCNC(C)c1nc(C(F)(F)F)no1. The molecule has 0 spiro atoms. The summed E-state index contributed by atoms with van der Waals surface area (Å²) in [6.07, 6.45) is -3.67. The molecule has 86 valence electrons. The van der Waals surface area contributed by atoms with E-state index in [0.29, 0.717) is 6.54 Å². The Hall–Kier alpha value is -1.11. The number of aromatic nitrogens is 2. The number of hydrogen-bond acceptors (Lipinski definition) is 4. The maximum atomic E-state index is 12.1. The standard InChI is InChI=1S/C8H12F3N3O/c1-3-4-12-5(2)6-13-7(14-15-6)8(9,10)11/h5,12H,3-4H2,1-2H3. The van der Waals surface area contributed by atoms with Gasteiger partial charge in [0.1, 0.15) is 0 Å². The number of nitrogens with zero attached hydrogens (tertiary/aromatic N) is 2. The minimum atomic E-state index is -4.55. The van der Waals surface area contributed by atoms with Gasteiger partial charge in [0.15, 0.2) is 0 Å². The van der Waals surface area contributed by atoms with Gasteiger partial charge in [-0.3, -0.25) is 0 Å². The molecule has 1 aromatic heterocycles. The van der Waals surface area contributed by atoms with Crippen molar-refractivity contribution in [1.29, 1.82) is 0 Å². The molecular weight excluding hydrogens is 211 g/mol. The monoisotopic (exact) mass is 223 g/mol. The van der Waals surface area contributed by atoms with E-state index in [0.717, 1.165) is 6.42 Å². The number of nitrogens with one attached hydrogen (secondary N) is 1. The van der Waals surface area contributed by atoms with Gasteiger partial charge in [0.2, 0.25) is 5.89 Å². The summed E-state index contributed by atoms with van der Waals surface area (Å²) in [4.78, 5) is 3.27. The Morgan fingerprint density at radius 2 is 2.13 bits per heavy atom. The molecule has 0 amide bonds. The highest BCUT2D eigenvalue weighted by atomic mass is 19.4. The number of halogens is 3. The first-order valence-corrected chi connectivity index (χ1v) is 4.59. The maximum Gasteiger partial charge on any atom is 0.455 e. The molecule has 1 rings (SSSR count). The van der Waals surface area contributed by atoms with Crippen molar-refractivity contribution in [2.24, 2.45) is 0 Å². The van der Waals surface area contributed by atoms with Crippen molar-refractivity contribution in [3.8, 4) is 0 Å². The van der Waals surface area contributed by atoms with Crippen molar-refractivity contribution in [1.82, 2.24) is 15.5 Å². The number of rotatable bonds is 4. The molecular formula is C8H12F3N3O. The molecule has 0 bridgehead atoms. The molecule has 15 heavy (non-hydrogen) atoms. The largest absolute Gasteiger partial charge is 0.455 e. The highest BCUT2D eigenvalue weighted by Gasteiger charge is 2.37. The summed E-state index contributed by atoms with van der Waals surface area (Å²) in [5, 5.41) is 5.82. The Kier molecular flexibility index (Phi) is 3.67. The molecule has 0 aliphatic heterocycles. The zero-order valence-corrected chi connectivity index (χ0v) is 8.43. The highest BCUT2D eigenvalue weighted by Crippen LogP contribution is 2.27. The quantitative estimate of drug-likeness (QED) is 0.849. The molecule has 0 fully saturated rings. The van der Waals surface area contributed by atoms with Gasteiger partial charge < -0.3 is 9.84 Å². The van der Waals surface area contributed by atoms with Crippen LogP contribution in [0.15, 0.2) is 4.52 Å². The molecule has 0 aliphatic rings. The van der Waals surface area contributed by atoms with E-state index in [1.807, 2.05) is 6.92 Å². The van der Waals surface area contributed by atoms with E-state index < -0.39 is 12.0 Å². The lowest BCUT2D eigenvalue weighted by Crippen LogP contribution is -2.19. The Balaban J connectivity index is 2.67. The molecule has 1 aromatic rings. The molecule has 1 atom stereocenters. The van der Waals surface area contributed by atoms with Crippen molar-refractivity contribution in [3.05, 3.63) is 11.7 Å². The lowest BCUT2D eigenvalue weighted by atomic mass is 10.3. The zero-order chi connectivity index (χ0) is 11.5. The van der Waals surface area contributed by atoms with Crippen molar-refractivity contribution in [3.63, 3.8) is 0 Å². The summed E-state index contributed by atoms with van der Waals surface area (Å²) in [5.41, 5.74) is 0. The van der Waals surface area contributed by atoms with E-state index in [9.17, 15) is 13.2 Å². The minimum absolute atomic E-state index is 0.0456. The van der Waals surface area contributed by atoms with Crippen LogP contribution in [0.5, 0.6) is 0 Å². The minimum Gasteiger partial charge on any atom is -0.337 e. The summed E-state index contributed by atoms with van der Waals surface area (Å²) in [6, 6.07) is -0.367. The van der Waals surface area contributed by atoms with E-state index >= 15 is 0 Å². The second-order valence-electron chi connectivity index (χ2n) is 3.13. The highest BCUT2D eigenvalue weighted by molar-refractivity contribution is 4.94. The first-order chi connectivity index (χ1) is 6.95. The first kappa shape index (κ1) is 12.0. The topological polar surface area (TPSA) is 51.0 Å². The van der Waals surface area contributed by atoms with Crippen LogP contribution in [-0.2, 0) is 6.18 Å². The fourth-order valence-electron chi connectivity index (χ4n) is 0.974. The van der Waals surface area contributed by atoms with Gasteiger partial charge >= 0.3 is 6.18 Å². The van der Waals surface area contributed by atoms with Crippen LogP contribution in [0, 0.1) is 0 Å². The molecule has 1 N–H and O–H groups in total. The normalized spacial score (nSPS) is 14.2. The third-order valence-electron chi connectivity index (χ3n) is 1.77. The van der Waals surface area contributed by atoms with Crippen molar-refractivity contribution in [2.45, 2.75) is 32.5 Å². The summed E-state index contributed by atoms with van der Waals surface area (Å²) in [6.45, 7) is 4.31. The maximum absolute atomic E-state index is 12.1. The van der Waals surface area contributed by atoms with Gasteiger partial charge in [0.05, 0.1) is 6.04 Å². The van der Waals surface area contributed by atoms with Crippen LogP contribution in [0.4, 0.5) is 13.2 Å². The van der Waals surface area contributed by atoms with Crippen LogP contribution in [0.1, 0.15) is 38.0 Å². The zero-order valence-electron chi connectivity index (χ0n) is 8.43. The first-order valence-electron chi connectivity index (χ1n) is 4.59. The average molecular weight is 223 g/mol. The summed E-state index contributed by atoms with van der Waals surface area (Å²) < 4.78 is 40.8. The van der Waals surface area contributed by atoms with Crippen LogP contribution in [-0.4, -0.2) is 16.7 Å². The summed E-state index contributed by atoms with van der Waals surface area (Å²) >= 11 is 0. The lowest BCUT2D eigenvalue weighted by Gasteiger charge is -2.06. The van der Waals surface area contributed by atoms with Crippen LogP contribution < -0.4 is 5.32 Å². The van der Waals surface area contributed by atoms with E-state index in [1.165, 1.54) is 0 Å². The molecule has 1 heterocycles. The number of hydrogen-bond donors (Lipinski definition) is 1. The smallest absolute Gasteiger partial charge is 0.337 e. The fraction of sp³-hybridized carbons (Fsp3) is 0.750. The average Bonchev–Trinajstić information content (AvgIpc) is 2.62. The molecule has 0 aromatic carbocycles. The fourth-order valence-corrected chi connectivity index (χ4v) is 0.974. The molecule has 0 radical (unpaired) electrons. The second-order valence-corrected chi connectivity index (χ2v) is 3.13.